The molecule has 0 radical (unpaired) electrons. The Morgan fingerprint density at radius 3 is 2.43 bits per heavy atom. The van der Waals surface area contributed by atoms with E-state index in [0.29, 0.717) is 54.5 Å². The van der Waals surface area contributed by atoms with Gasteiger partial charge in [0, 0.05) is 36.7 Å². The number of nitrogens with two attached hydrogens (primary N) is 1. The number of rotatable bonds is 10. The van der Waals surface area contributed by atoms with Crippen LogP contribution in [0.25, 0.3) is 11.0 Å². The summed E-state index contributed by atoms with van der Waals surface area (Å²) in [5.74, 6) is 0.287. The number of carbonyl (C=O) groups is 3. The Kier molecular flexibility index (Phi) is 10.6. The molecule has 3 saturated carbocycles. The SMILES string of the molecule is COC1CCC([C@@H]2CCN(C(=O)C3CCC([C@H](N)CF)CC3)[C@@H]2C(=O)Nc2ccc3oc(C(=O)OCC4CCCC4)cc3c2)CC1. The van der Waals surface area contributed by atoms with Gasteiger partial charge in [0.2, 0.25) is 17.6 Å². The predicted molar refractivity (Wildman–Crippen MR) is 173 cm³/mol. The number of amides is 2. The van der Waals surface area contributed by atoms with Gasteiger partial charge in [-0.1, -0.05) is 12.8 Å². The normalized spacial score (nSPS) is 29.6. The first-order valence-corrected chi connectivity index (χ1v) is 17.5. The minimum absolute atomic E-state index is 0.0338. The van der Waals surface area contributed by atoms with E-state index in [0.717, 1.165) is 57.8 Å². The topological polar surface area (TPSA) is 124 Å². The van der Waals surface area contributed by atoms with Crippen molar-refractivity contribution in [2.45, 2.75) is 102 Å². The monoisotopic (exact) mass is 639 g/mol. The fourth-order valence-corrected chi connectivity index (χ4v) is 8.68. The van der Waals surface area contributed by atoms with Gasteiger partial charge in [-0.15, -0.1) is 0 Å². The van der Waals surface area contributed by atoms with Crippen molar-refractivity contribution in [2.24, 2.45) is 35.3 Å². The first-order chi connectivity index (χ1) is 22.3. The largest absolute Gasteiger partial charge is 0.460 e. The van der Waals surface area contributed by atoms with Crippen LogP contribution < -0.4 is 11.1 Å². The van der Waals surface area contributed by atoms with Gasteiger partial charge in [0.05, 0.1) is 12.7 Å². The molecule has 0 spiro atoms. The highest BCUT2D eigenvalue weighted by atomic mass is 19.1. The first-order valence-electron chi connectivity index (χ1n) is 17.5. The molecule has 10 heteroatoms. The van der Waals surface area contributed by atoms with E-state index in [9.17, 15) is 18.8 Å². The van der Waals surface area contributed by atoms with Gasteiger partial charge in [0.15, 0.2) is 0 Å². The van der Waals surface area contributed by atoms with Crippen molar-refractivity contribution in [3.05, 3.63) is 30.0 Å². The van der Waals surface area contributed by atoms with E-state index in [1.165, 1.54) is 12.8 Å². The van der Waals surface area contributed by atoms with Crippen molar-refractivity contribution < 1.29 is 32.7 Å². The zero-order chi connectivity index (χ0) is 32.2. The lowest BCUT2D eigenvalue weighted by atomic mass is 9.75. The van der Waals surface area contributed by atoms with Gasteiger partial charge in [0.25, 0.3) is 0 Å². The van der Waals surface area contributed by atoms with Crippen LogP contribution in [0.2, 0.25) is 0 Å². The fourth-order valence-electron chi connectivity index (χ4n) is 8.68. The summed E-state index contributed by atoms with van der Waals surface area (Å²) >= 11 is 0. The molecule has 2 heterocycles. The molecule has 252 valence electrons. The number of halogens is 1. The number of nitrogens with zero attached hydrogens (tertiary/aromatic N) is 1. The molecule has 3 N–H and O–H groups in total. The van der Waals surface area contributed by atoms with Crippen LogP contribution in [-0.4, -0.2) is 67.8 Å². The van der Waals surface area contributed by atoms with E-state index in [1.807, 2.05) is 4.90 Å². The number of hydrogen-bond donors (Lipinski definition) is 2. The lowest BCUT2D eigenvalue weighted by molar-refractivity contribution is -0.142. The average molecular weight is 640 g/mol. The number of ether oxygens (including phenoxy) is 2. The smallest absolute Gasteiger partial charge is 0.374 e. The summed E-state index contributed by atoms with van der Waals surface area (Å²) in [5, 5.41) is 3.81. The highest BCUT2D eigenvalue weighted by Gasteiger charge is 2.47. The van der Waals surface area contributed by atoms with Gasteiger partial charge in [-0.25, -0.2) is 9.18 Å². The van der Waals surface area contributed by atoms with Gasteiger partial charge in [-0.05, 0) is 119 Å². The average Bonchev–Trinajstić information content (AvgIpc) is 3.87. The number of esters is 1. The van der Waals surface area contributed by atoms with Crippen molar-refractivity contribution in [1.82, 2.24) is 4.90 Å². The summed E-state index contributed by atoms with van der Waals surface area (Å²) < 4.78 is 30.1. The molecule has 6 rings (SSSR count). The van der Waals surface area contributed by atoms with E-state index in [2.05, 4.69) is 5.32 Å². The van der Waals surface area contributed by atoms with Crippen LogP contribution in [0.3, 0.4) is 0 Å². The van der Waals surface area contributed by atoms with Crippen molar-refractivity contribution >= 4 is 34.4 Å². The number of alkyl halides is 1. The van der Waals surface area contributed by atoms with Crippen LogP contribution in [0.1, 0.15) is 94.0 Å². The Hall–Kier alpha value is -2.98. The van der Waals surface area contributed by atoms with E-state index >= 15 is 0 Å². The molecule has 0 bridgehead atoms. The second-order valence-electron chi connectivity index (χ2n) is 14.2. The van der Waals surface area contributed by atoms with E-state index in [-0.39, 0.29) is 41.4 Å². The van der Waals surface area contributed by atoms with Gasteiger partial charge in [-0.2, -0.15) is 0 Å². The van der Waals surface area contributed by atoms with Crippen LogP contribution in [0.4, 0.5) is 10.1 Å². The second-order valence-corrected chi connectivity index (χ2v) is 14.2. The van der Waals surface area contributed by atoms with Crippen molar-refractivity contribution in [3.8, 4) is 0 Å². The highest BCUT2D eigenvalue weighted by molar-refractivity contribution is 6.00. The summed E-state index contributed by atoms with van der Waals surface area (Å²) in [7, 11) is 1.76. The summed E-state index contributed by atoms with van der Waals surface area (Å²) in [5.41, 5.74) is 7.10. The van der Waals surface area contributed by atoms with E-state index in [4.69, 9.17) is 19.6 Å². The number of fused-ring (bicyclic) bond motifs is 1. The van der Waals surface area contributed by atoms with E-state index < -0.39 is 24.7 Å². The molecule has 0 unspecified atom stereocenters. The maximum atomic E-state index is 14.1. The van der Waals surface area contributed by atoms with Gasteiger partial charge in [0.1, 0.15) is 18.3 Å². The lowest BCUT2D eigenvalue weighted by Gasteiger charge is -2.37. The summed E-state index contributed by atoms with van der Waals surface area (Å²) in [6, 6.07) is 5.95. The third-order valence-corrected chi connectivity index (χ3v) is 11.5. The third kappa shape index (κ3) is 7.28. The standard InChI is InChI=1S/C36H50FN3O6/c1-44-28-13-10-23(11-14-28)29-16-17-40(35(42)25-8-6-24(7-9-25)30(38)20-37)33(29)34(41)39-27-12-15-31-26(18-27)19-32(46-31)36(43)45-21-22-4-2-3-5-22/h12,15,18-19,22-25,28-30,33H,2-11,13-14,16-17,20-21,38H2,1H3,(H,39,41)/t23?,24?,25?,28?,29-,30+,33-/m0/s1. The Bertz CT molecular complexity index is 1360. The van der Waals surface area contributed by atoms with Crippen LogP contribution in [0, 0.1) is 29.6 Å². The highest BCUT2D eigenvalue weighted by Crippen LogP contribution is 2.42. The third-order valence-electron chi connectivity index (χ3n) is 11.5. The van der Waals surface area contributed by atoms with Gasteiger partial charge >= 0.3 is 5.97 Å². The maximum Gasteiger partial charge on any atom is 0.374 e. The maximum absolute atomic E-state index is 14.1. The number of likely N-dealkylation sites (tertiary alicyclic amines) is 1. The number of carbonyl (C=O) groups excluding carboxylic acids is 3. The molecule has 1 aliphatic heterocycles. The summed E-state index contributed by atoms with van der Waals surface area (Å²) in [4.78, 5) is 42.6. The van der Waals surface area contributed by atoms with Gasteiger partial charge in [-0.3, -0.25) is 9.59 Å². The minimum atomic E-state index is -0.566. The molecule has 3 atom stereocenters. The second kappa shape index (κ2) is 14.8. The van der Waals surface area contributed by atoms with E-state index in [1.54, 1.807) is 31.4 Å². The Morgan fingerprint density at radius 2 is 1.74 bits per heavy atom. The molecular formula is C36H50FN3O6. The molecule has 9 nitrogen and oxygen atoms in total. The van der Waals surface area contributed by atoms with Crippen molar-refractivity contribution in [1.29, 1.82) is 0 Å². The Morgan fingerprint density at radius 1 is 1.00 bits per heavy atom. The predicted octanol–water partition coefficient (Wildman–Crippen LogP) is 6.24. The van der Waals surface area contributed by atoms with Crippen LogP contribution >= 0.6 is 0 Å². The Balaban J connectivity index is 1.15. The van der Waals surface area contributed by atoms with Crippen LogP contribution in [-0.2, 0) is 19.1 Å². The zero-order valence-electron chi connectivity index (χ0n) is 27.1. The van der Waals surface area contributed by atoms with Crippen LogP contribution in [0.15, 0.2) is 28.7 Å². The van der Waals surface area contributed by atoms with Crippen LogP contribution in [0.5, 0.6) is 0 Å². The molecule has 1 aromatic carbocycles. The molecule has 4 fully saturated rings. The number of nitrogens with one attached hydrogen (secondary N) is 1. The minimum Gasteiger partial charge on any atom is -0.460 e. The molecule has 3 aliphatic carbocycles. The molecule has 46 heavy (non-hydrogen) atoms. The molecule has 2 amide bonds. The number of hydrogen-bond acceptors (Lipinski definition) is 7. The number of furan rings is 1. The number of methoxy groups -OCH3 is 1. The molecule has 4 aliphatic rings. The molecule has 1 saturated heterocycles. The fraction of sp³-hybridized carbons (Fsp3) is 0.694. The molecule has 1 aromatic heterocycles. The van der Waals surface area contributed by atoms with Crippen molar-refractivity contribution in [2.75, 3.05) is 32.3 Å². The molecular weight excluding hydrogens is 589 g/mol. The summed E-state index contributed by atoms with van der Waals surface area (Å²) in [6.45, 7) is 0.429. The number of anilines is 1. The molecule has 2 aromatic rings. The number of benzene rings is 1. The zero-order valence-corrected chi connectivity index (χ0v) is 27.1. The van der Waals surface area contributed by atoms with Crippen molar-refractivity contribution in [3.63, 3.8) is 0 Å². The quantitative estimate of drug-likeness (QED) is 0.295. The lowest BCUT2D eigenvalue weighted by Crippen LogP contribution is -2.50. The summed E-state index contributed by atoms with van der Waals surface area (Å²) in [6.07, 6.45) is 12.3. The Labute approximate surface area is 271 Å². The first kappa shape index (κ1) is 32.9. The van der Waals surface area contributed by atoms with Gasteiger partial charge < -0.3 is 29.8 Å².